The van der Waals surface area contributed by atoms with Crippen LogP contribution in [0.2, 0.25) is 0 Å². The van der Waals surface area contributed by atoms with Gasteiger partial charge >= 0.3 is 6.18 Å². The zero-order valence-electron chi connectivity index (χ0n) is 11.0. The van der Waals surface area contributed by atoms with E-state index >= 15 is 0 Å². The first kappa shape index (κ1) is 16.6. The van der Waals surface area contributed by atoms with Gasteiger partial charge in [-0.15, -0.1) is 0 Å². The average Bonchev–Trinajstić information content (AvgIpc) is 2.34. The molecule has 1 aromatic rings. The normalized spacial score (nSPS) is 12.4. The Bertz CT molecular complexity index is 573. The van der Waals surface area contributed by atoms with E-state index in [1.54, 1.807) is 6.92 Å². The topological polar surface area (TPSA) is 75.4 Å². The number of halogens is 3. The molecule has 0 unspecified atom stereocenters. The molecule has 0 aliphatic heterocycles. The summed E-state index contributed by atoms with van der Waals surface area (Å²) in [5.74, 6) is 0. The molecule has 0 spiro atoms. The van der Waals surface area contributed by atoms with Crippen LogP contribution in [-0.4, -0.2) is 34.7 Å². The van der Waals surface area contributed by atoms with E-state index in [0.717, 1.165) is 4.90 Å². The summed E-state index contributed by atoms with van der Waals surface area (Å²) in [6, 6.07) is 3.71. The minimum atomic E-state index is -4.35. The van der Waals surface area contributed by atoms with Crippen LogP contribution in [0.25, 0.3) is 0 Å². The maximum absolute atomic E-state index is 12.4. The van der Waals surface area contributed by atoms with Crippen molar-refractivity contribution < 1.29 is 21.6 Å². The van der Waals surface area contributed by atoms with Crippen LogP contribution in [0, 0.1) is 0 Å². The van der Waals surface area contributed by atoms with Crippen LogP contribution in [0.1, 0.15) is 6.92 Å². The quantitative estimate of drug-likeness (QED) is 0.809. The highest BCUT2D eigenvalue weighted by molar-refractivity contribution is 7.89. The molecule has 0 saturated heterocycles. The highest BCUT2D eigenvalue weighted by Gasteiger charge is 2.30. The maximum atomic E-state index is 12.4. The van der Waals surface area contributed by atoms with Gasteiger partial charge in [-0.05, 0) is 32.2 Å². The number of nitrogens with two attached hydrogens (primary N) is 1. The van der Waals surface area contributed by atoms with E-state index in [9.17, 15) is 21.6 Å². The molecule has 0 bridgehead atoms. The summed E-state index contributed by atoms with van der Waals surface area (Å²) in [6.07, 6.45) is -4.35. The van der Waals surface area contributed by atoms with Crippen LogP contribution in [0.5, 0.6) is 0 Å². The van der Waals surface area contributed by atoms with E-state index in [1.807, 2.05) is 0 Å². The number of nitrogens with one attached hydrogen (secondary N) is 1. The number of anilines is 2. The molecule has 1 rings (SSSR count). The second kappa shape index (κ2) is 5.88. The van der Waals surface area contributed by atoms with Gasteiger partial charge in [0, 0.05) is 12.2 Å². The van der Waals surface area contributed by atoms with Crippen LogP contribution in [0.15, 0.2) is 23.1 Å². The molecule has 9 heteroatoms. The molecular formula is C11H16F3N3O2S. The highest BCUT2D eigenvalue weighted by atomic mass is 32.2. The van der Waals surface area contributed by atoms with E-state index in [4.69, 9.17) is 5.73 Å². The SMILES string of the molecule is CCN(CC(F)(F)F)c1ccc(S(=O)(=O)NC)c(N)c1. The first-order chi connectivity index (χ1) is 9.10. The molecule has 0 radical (unpaired) electrons. The van der Waals surface area contributed by atoms with Crippen LogP contribution in [0.4, 0.5) is 24.5 Å². The number of hydrogen-bond donors (Lipinski definition) is 2. The molecule has 0 fully saturated rings. The Kier molecular flexibility index (Phi) is 4.87. The number of nitrogen functional groups attached to an aromatic ring is 1. The summed E-state index contributed by atoms with van der Waals surface area (Å²) < 4.78 is 62.6. The predicted octanol–water partition coefficient (Wildman–Crippen LogP) is 1.57. The minimum absolute atomic E-state index is 0.0996. The summed E-state index contributed by atoms with van der Waals surface area (Å²) in [6.45, 7) is 0.568. The Labute approximate surface area is 115 Å². The standard InChI is InChI=1S/C11H16F3N3O2S/c1-3-17(7-11(12,13)14)8-4-5-10(9(15)6-8)20(18,19)16-2/h4-6,16H,3,7,15H2,1-2H3. The molecular weight excluding hydrogens is 295 g/mol. The molecule has 20 heavy (non-hydrogen) atoms. The molecule has 114 valence electrons. The van der Waals surface area contributed by atoms with Crippen LogP contribution >= 0.6 is 0 Å². The van der Waals surface area contributed by atoms with Gasteiger partial charge in [-0.25, -0.2) is 13.1 Å². The number of nitrogens with zero attached hydrogens (tertiary/aromatic N) is 1. The van der Waals surface area contributed by atoms with Crippen molar-refractivity contribution >= 4 is 21.4 Å². The summed E-state index contributed by atoms with van der Waals surface area (Å²) >= 11 is 0. The Balaban J connectivity index is 3.14. The molecule has 0 aliphatic carbocycles. The van der Waals surface area contributed by atoms with Crippen molar-refractivity contribution in [1.82, 2.24) is 4.72 Å². The minimum Gasteiger partial charge on any atom is -0.398 e. The lowest BCUT2D eigenvalue weighted by atomic mass is 10.2. The summed E-state index contributed by atoms with van der Waals surface area (Å²) in [7, 11) is -2.50. The molecule has 1 aromatic carbocycles. The van der Waals surface area contributed by atoms with Crippen molar-refractivity contribution in [1.29, 1.82) is 0 Å². The third-order valence-corrected chi connectivity index (χ3v) is 4.16. The third kappa shape index (κ3) is 4.01. The largest absolute Gasteiger partial charge is 0.405 e. The number of sulfonamides is 1. The van der Waals surface area contributed by atoms with Gasteiger partial charge in [0.15, 0.2) is 0 Å². The zero-order chi connectivity index (χ0) is 15.6. The second-order valence-corrected chi connectivity index (χ2v) is 5.91. The maximum Gasteiger partial charge on any atom is 0.405 e. The first-order valence-electron chi connectivity index (χ1n) is 5.75. The smallest absolute Gasteiger partial charge is 0.398 e. The van der Waals surface area contributed by atoms with Crippen molar-refractivity contribution in [2.45, 2.75) is 18.0 Å². The fourth-order valence-electron chi connectivity index (χ4n) is 1.69. The van der Waals surface area contributed by atoms with Crippen molar-refractivity contribution in [3.8, 4) is 0 Å². The Morgan fingerprint density at radius 3 is 2.35 bits per heavy atom. The van der Waals surface area contributed by atoms with Gasteiger partial charge in [-0.3, -0.25) is 0 Å². The van der Waals surface area contributed by atoms with E-state index < -0.39 is 22.7 Å². The number of benzene rings is 1. The van der Waals surface area contributed by atoms with Crippen molar-refractivity contribution in [3.63, 3.8) is 0 Å². The van der Waals surface area contributed by atoms with Crippen LogP contribution in [0.3, 0.4) is 0 Å². The van der Waals surface area contributed by atoms with Gasteiger partial charge in [0.1, 0.15) is 11.4 Å². The fraction of sp³-hybridized carbons (Fsp3) is 0.455. The molecule has 0 heterocycles. The van der Waals surface area contributed by atoms with E-state index in [0.29, 0.717) is 0 Å². The molecule has 0 aromatic heterocycles. The van der Waals surface area contributed by atoms with Gasteiger partial charge in [0.2, 0.25) is 10.0 Å². The second-order valence-electron chi connectivity index (χ2n) is 4.06. The molecule has 3 N–H and O–H groups in total. The van der Waals surface area contributed by atoms with Crippen LogP contribution < -0.4 is 15.4 Å². The Hall–Kier alpha value is -1.48. The molecule has 0 saturated carbocycles. The molecule has 5 nitrogen and oxygen atoms in total. The average molecular weight is 311 g/mol. The van der Waals surface area contributed by atoms with E-state index in [-0.39, 0.29) is 22.8 Å². The van der Waals surface area contributed by atoms with E-state index in [1.165, 1.54) is 25.2 Å². The number of hydrogen-bond acceptors (Lipinski definition) is 4. The molecule has 0 amide bonds. The summed E-state index contributed by atoms with van der Waals surface area (Å²) in [5.41, 5.74) is 5.73. The van der Waals surface area contributed by atoms with Crippen molar-refractivity contribution in [2.75, 3.05) is 30.8 Å². The van der Waals surface area contributed by atoms with Gasteiger partial charge in [-0.1, -0.05) is 0 Å². The number of rotatable bonds is 5. The first-order valence-corrected chi connectivity index (χ1v) is 7.24. The van der Waals surface area contributed by atoms with Crippen molar-refractivity contribution in [3.05, 3.63) is 18.2 Å². The predicted molar refractivity (Wildman–Crippen MR) is 71.0 cm³/mol. The van der Waals surface area contributed by atoms with Gasteiger partial charge in [0.05, 0.1) is 5.69 Å². The lowest BCUT2D eigenvalue weighted by molar-refractivity contribution is -0.119. The highest BCUT2D eigenvalue weighted by Crippen LogP contribution is 2.27. The van der Waals surface area contributed by atoms with E-state index in [2.05, 4.69) is 4.72 Å². The lowest BCUT2D eigenvalue weighted by Crippen LogP contribution is -2.34. The van der Waals surface area contributed by atoms with Crippen LogP contribution in [-0.2, 0) is 10.0 Å². The Morgan fingerprint density at radius 2 is 1.95 bits per heavy atom. The number of alkyl halides is 3. The summed E-state index contributed by atoms with van der Waals surface area (Å²) in [4.78, 5) is 0.901. The summed E-state index contributed by atoms with van der Waals surface area (Å²) in [5, 5.41) is 0. The molecule has 0 atom stereocenters. The zero-order valence-corrected chi connectivity index (χ0v) is 11.8. The van der Waals surface area contributed by atoms with Gasteiger partial charge in [0.25, 0.3) is 0 Å². The monoisotopic (exact) mass is 311 g/mol. The third-order valence-electron chi connectivity index (χ3n) is 2.67. The van der Waals surface area contributed by atoms with Gasteiger partial charge < -0.3 is 10.6 Å². The fourth-order valence-corrected chi connectivity index (χ4v) is 2.53. The van der Waals surface area contributed by atoms with Crippen molar-refractivity contribution in [2.24, 2.45) is 0 Å². The lowest BCUT2D eigenvalue weighted by Gasteiger charge is -2.25. The van der Waals surface area contributed by atoms with Gasteiger partial charge in [-0.2, -0.15) is 13.2 Å². The molecule has 0 aliphatic rings. The Morgan fingerprint density at radius 1 is 1.35 bits per heavy atom.